The largest absolute Gasteiger partial charge is 0.493 e. The zero-order chi connectivity index (χ0) is 25.9. The van der Waals surface area contributed by atoms with Crippen LogP contribution in [-0.4, -0.2) is 25.0 Å². The van der Waals surface area contributed by atoms with Crippen LogP contribution in [0.1, 0.15) is 16.7 Å². The monoisotopic (exact) mass is 492 g/mol. The predicted octanol–water partition coefficient (Wildman–Crippen LogP) is 5.40. The number of methoxy groups -OCH3 is 1. The fraction of sp³-hybridized carbons (Fsp3) is 0.100. The molecule has 0 aliphatic carbocycles. The van der Waals surface area contributed by atoms with Gasteiger partial charge < -0.3 is 9.47 Å². The Bertz CT molecular complexity index is 1570. The van der Waals surface area contributed by atoms with Gasteiger partial charge in [-0.1, -0.05) is 60.7 Å². The third-order valence-corrected chi connectivity index (χ3v) is 6.12. The van der Waals surface area contributed by atoms with Gasteiger partial charge in [-0.15, -0.1) is 0 Å². The number of amides is 4. The molecule has 0 unspecified atom stereocenters. The van der Waals surface area contributed by atoms with Crippen molar-refractivity contribution < 1.29 is 23.9 Å². The third-order valence-electron chi connectivity index (χ3n) is 6.12. The van der Waals surface area contributed by atoms with Crippen LogP contribution in [0.2, 0.25) is 0 Å². The number of imide groups is 2. The van der Waals surface area contributed by atoms with Crippen molar-refractivity contribution in [3.05, 3.63) is 107 Å². The van der Waals surface area contributed by atoms with Crippen LogP contribution in [0.4, 0.5) is 10.5 Å². The van der Waals surface area contributed by atoms with Gasteiger partial charge in [0.1, 0.15) is 12.2 Å². The van der Waals surface area contributed by atoms with Crippen molar-refractivity contribution in [1.29, 1.82) is 0 Å². The number of anilines is 1. The second-order valence-corrected chi connectivity index (χ2v) is 8.63. The molecule has 0 aromatic heterocycles. The summed E-state index contributed by atoms with van der Waals surface area (Å²) < 4.78 is 11.6. The molecule has 1 N–H and O–H groups in total. The topological polar surface area (TPSA) is 84.9 Å². The molecule has 0 bridgehead atoms. The first-order valence-electron chi connectivity index (χ1n) is 11.7. The highest BCUT2D eigenvalue weighted by molar-refractivity contribution is 6.39. The van der Waals surface area contributed by atoms with Crippen LogP contribution >= 0.6 is 0 Å². The maximum atomic E-state index is 13.2. The van der Waals surface area contributed by atoms with Crippen molar-refractivity contribution >= 4 is 40.4 Å². The number of carbonyl (C=O) groups is 3. The number of nitrogens with one attached hydrogen (secondary N) is 1. The van der Waals surface area contributed by atoms with E-state index < -0.39 is 17.8 Å². The molecule has 1 saturated heterocycles. The van der Waals surface area contributed by atoms with Crippen LogP contribution < -0.4 is 19.7 Å². The fourth-order valence-corrected chi connectivity index (χ4v) is 4.29. The summed E-state index contributed by atoms with van der Waals surface area (Å²) in [7, 11) is 1.52. The van der Waals surface area contributed by atoms with E-state index >= 15 is 0 Å². The normalized spacial score (nSPS) is 14.7. The third kappa shape index (κ3) is 4.79. The lowest BCUT2D eigenvalue weighted by Gasteiger charge is -2.26. The summed E-state index contributed by atoms with van der Waals surface area (Å²) in [6.45, 7) is 2.19. The lowest BCUT2D eigenvalue weighted by atomic mass is 10.1. The Morgan fingerprint density at radius 2 is 1.65 bits per heavy atom. The number of carbonyl (C=O) groups excluding carboxylic acids is 3. The summed E-state index contributed by atoms with van der Waals surface area (Å²) in [5.41, 5.74) is 2.69. The van der Waals surface area contributed by atoms with Gasteiger partial charge in [-0.3, -0.25) is 14.9 Å². The molecule has 37 heavy (non-hydrogen) atoms. The predicted molar refractivity (Wildman–Crippen MR) is 141 cm³/mol. The Kier molecular flexibility index (Phi) is 6.43. The van der Waals surface area contributed by atoms with Crippen LogP contribution in [0, 0.1) is 6.92 Å². The standard InChI is InChI=1S/C30H24N2O5/c1-19-7-5-11-23(15-19)32-29(34)25(28(33)31-30(32)35)16-20-13-14-26(27(17-20)36-2)37-18-22-10-6-9-21-8-3-4-12-24(21)22/h3-17H,18H2,1-2H3,(H,31,33,35)/b25-16+. The summed E-state index contributed by atoms with van der Waals surface area (Å²) in [6.07, 6.45) is 1.43. The number of rotatable bonds is 6. The molecule has 7 nitrogen and oxygen atoms in total. The number of aryl methyl sites for hydroxylation is 1. The van der Waals surface area contributed by atoms with Crippen LogP contribution in [0.15, 0.2) is 90.5 Å². The molecule has 4 aromatic carbocycles. The summed E-state index contributed by atoms with van der Waals surface area (Å²) in [5.74, 6) is -0.484. The zero-order valence-corrected chi connectivity index (χ0v) is 20.4. The fourth-order valence-electron chi connectivity index (χ4n) is 4.29. The molecule has 7 heteroatoms. The molecule has 4 aromatic rings. The maximum Gasteiger partial charge on any atom is 0.335 e. The van der Waals surface area contributed by atoms with E-state index in [1.807, 2.05) is 37.3 Å². The number of barbiturate groups is 1. The highest BCUT2D eigenvalue weighted by Crippen LogP contribution is 2.31. The van der Waals surface area contributed by atoms with Gasteiger partial charge in [-0.25, -0.2) is 9.69 Å². The highest BCUT2D eigenvalue weighted by atomic mass is 16.5. The second-order valence-electron chi connectivity index (χ2n) is 8.63. The Hall–Kier alpha value is -4.91. The van der Waals surface area contributed by atoms with Gasteiger partial charge >= 0.3 is 6.03 Å². The minimum atomic E-state index is -0.785. The van der Waals surface area contributed by atoms with E-state index in [0.717, 1.165) is 26.8 Å². The Labute approximate surface area is 213 Å². The number of nitrogens with zero attached hydrogens (tertiary/aromatic N) is 1. The number of fused-ring (bicyclic) bond motifs is 1. The molecule has 4 amide bonds. The van der Waals surface area contributed by atoms with Crippen LogP contribution in [0.3, 0.4) is 0 Å². The Morgan fingerprint density at radius 3 is 2.46 bits per heavy atom. The molecule has 0 spiro atoms. The highest BCUT2D eigenvalue weighted by Gasteiger charge is 2.36. The molecule has 0 atom stereocenters. The summed E-state index contributed by atoms with van der Waals surface area (Å²) in [6, 6.07) is 25.4. The van der Waals surface area contributed by atoms with Crippen molar-refractivity contribution in [2.24, 2.45) is 0 Å². The van der Waals surface area contributed by atoms with E-state index in [9.17, 15) is 14.4 Å². The quantitative estimate of drug-likeness (QED) is 0.288. The average Bonchev–Trinajstić information content (AvgIpc) is 2.90. The van der Waals surface area contributed by atoms with E-state index in [2.05, 4.69) is 23.5 Å². The van der Waals surface area contributed by atoms with Crippen molar-refractivity contribution in [3.63, 3.8) is 0 Å². The lowest BCUT2D eigenvalue weighted by molar-refractivity contribution is -0.122. The van der Waals surface area contributed by atoms with Gasteiger partial charge in [0.2, 0.25) is 0 Å². The molecule has 1 fully saturated rings. The molecule has 0 radical (unpaired) electrons. The smallest absolute Gasteiger partial charge is 0.335 e. The van der Waals surface area contributed by atoms with Crippen molar-refractivity contribution in [2.75, 3.05) is 12.0 Å². The second kappa shape index (κ2) is 9.99. The first-order valence-corrected chi connectivity index (χ1v) is 11.7. The SMILES string of the molecule is COc1cc(/C=C2\C(=O)NC(=O)N(c3cccc(C)c3)C2=O)ccc1OCc1cccc2ccccc12. The Balaban J connectivity index is 1.41. The minimum absolute atomic E-state index is 0.160. The number of benzene rings is 4. The molecule has 1 heterocycles. The number of ether oxygens (including phenoxy) is 2. The molecular weight excluding hydrogens is 468 g/mol. The molecule has 5 rings (SSSR count). The van der Waals surface area contributed by atoms with Gasteiger partial charge in [0.05, 0.1) is 12.8 Å². The van der Waals surface area contributed by atoms with Crippen molar-refractivity contribution in [3.8, 4) is 11.5 Å². The molecule has 184 valence electrons. The van der Waals surface area contributed by atoms with Crippen LogP contribution in [0.5, 0.6) is 11.5 Å². The lowest BCUT2D eigenvalue weighted by Crippen LogP contribution is -2.54. The number of hydrogen-bond acceptors (Lipinski definition) is 5. The van der Waals surface area contributed by atoms with Crippen molar-refractivity contribution in [1.82, 2.24) is 5.32 Å². The number of hydrogen-bond donors (Lipinski definition) is 1. The van der Waals surface area contributed by atoms with Gasteiger partial charge in [0.25, 0.3) is 11.8 Å². The van der Waals surface area contributed by atoms with Gasteiger partial charge in [-0.05, 0) is 64.7 Å². The summed E-state index contributed by atoms with van der Waals surface area (Å²) in [4.78, 5) is 39.1. The zero-order valence-electron chi connectivity index (χ0n) is 20.4. The van der Waals surface area contributed by atoms with Gasteiger partial charge in [0, 0.05) is 0 Å². The Morgan fingerprint density at radius 1 is 0.865 bits per heavy atom. The first kappa shape index (κ1) is 23.8. The molecular formula is C30H24N2O5. The van der Waals surface area contributed by atoms with Crippen molar-refractivity contribution in [2.45, 2.75) is 13.5 Å². The average molecular weight is 493 g/mol. The molecule has 1 aliphatic rings. The summed E-state index contributed by atoms with van der Waals surface area (Å²) >= 11 is 0. The van der Waals surface area contributed by atoms with E-state index in [1.54, 1.807) is 36.4 Å². The van der Waals surface area contributed by atoms with E-state index in [1.165, 1.54) is 13.2 Å². The van der Waals surface area contributed by atoms with Crippen LogP contribution in [0.25, 0.3) is 16.8 Å². The molecule has 0 saturated carbocycles. The summed E-state index contributed by atoms with van der Waals surface area (Å²) in [5, 5.41) is 4.49. The maximum absolute atomic E-state index is 13.2. The first-order chi connectivity index (χ1) is 17.9. The van der Waals surface area contributed by atoms with Gasteiger partial charge in [-0.2, -0.15) is 0 Å². The number of urea groups is 1. The van der Waals surface area contributed by atoms with Gasteiger partial charge in [0.15, 0.2) is 11.5 Å². The minimum Gasteiger partial charge on any atom is -0.493 e. The van der Waals surface area contributed by atoms with E-state index in [0.29, 0.717) is 29.4 Å². The van der Waals surface area contributed by atoms with E-state index in [4.69, 9.17) is 9.47 Å². The van der Waals surface area contributed by atoms with E-state index in [-0.39, 0.29) is 5.57 Å². The van der Waals surface area contributed by atoms with Crippen LogP contribution in [-0.2, 0) is 16.2 Å². The molecule has 1 aliphatic heterocycles.